The van der Waals surface area contributed by atoms with Gasteiger partial charge >= 0.3 is 0 Å². The van der Waals surface area contributed by atoms with E-state index >= 15 is 0 Å². The molecule has 7 heteroatoms. The van der Waals surface area contributed by atoms with Crippen LogP contribution in [0.5, 0.6) is 0 Å². The Balaban J connectivity index is 0.00000182. The summed E-state index contributed by atoms with van der Waals surface area (Å²) >= 11 is 0. The average Bonchev–Trinajstić information content (AvgIpc) is 3.03. The lowest BCUT2D eigenvalue weighted by Gasteiger charge is -2.15. The van der Waals surface area contributed by atoms with E-state index in [0.717, 1.165) is 23.1 Å². The van der Waals surface area contributed by atoms with Gasteiger partial charge in [-0.3, -0.25) is 4.79 Å². The Hall–Kier alpha value is -2.08. The third-order valence-electron chi connectivity index (χ3n) is 4.57. The van der Waals surface area contributed by atoms with E-state index in [-0.39, 0.29) is 42.7 Å². The Kier molecular flexibility index (Phi) is 8.76. The van der Waals surface area contributed by atoms with Gasteiger partial charge in [0.25, 0.3) is 0 Å². The van der Waals surface area contributed by atoms with Crippen molar-refractivity contribution in [3.8, 4) is 0 Å². The normalized spacial score (nSPS) is 12.6. The zero-order valence-corrected chi connectivity index (χ0v) is 17.1. The topological polar surface area (TPSA) is 72.9 Å². The summed E-state index contributed by atoms with van der Waals surface area (Å²) in [6, 6.07) is 16.2. The first-order valence-corrected chi connectivity index (χ1v) is 8.55. The summed E-state index contributed by atoms with van der Waals surface area (Å²) in [7, 11) is 0. The molecule has 0 bridgehead atoms. The molecular weight excluding hydrogens is 383 g/mol. The van der Waals surface area contributed by atoms with Crippen LogP contribution >= 0.6 is 24.8 Å². The first-order chi connectivity index (χ1) is 12.0. The zero-order chi connectivity index (χ0) is 17.8. The highest BCUT2D eigenvalue weighted by atomic mass is 35.5. The molecule has 0 radical (unpaired) electrons. The Bertz CT molecular complexity index is 862. The van der Waals surface area contributed by atoms with Crippen LogP contribution in [-0.2, 0) is 17.9 Å². The van der Waals surface area contributed by atoms with Crippen LogP contribution < -0.4 is 11.1 Å². The molecule has 3 aromatic rings. The minimum atomic E-state index is -0.186. The fraction of sp³-hybridized carbons (Fsp3) is 0.300. The molecule has 0 fully saturated rings. The standard InChI is InChI=1S/C20H24N4O.2ClH/c1-14(15(2)21)20(25)22-11-16-7-9-17(10-8-16)12-24-13-23-18-5-3-4-6-19(18)24;;/h3-10,13-15H,11-12,21H2,1-2H3,(H,22,25);2*1H. The number of halogens is 2. The van der Waals surface area contributed by atoms with Crippen molar-refractivity contribution in [1.82, 2.24) is 14.9 Å². The van der Waals surface area contributed by atoms with E-state index in [2.05, 4.69) is 33.1 Å². The van der Waals surface area contributed by atoms with Gasteiger partial charge in [-0.15, -0.1) is 24.8 Å². The van der Waals surface area contributed by atoms with Gasteiger partial charge in [-0.2, -0.15) is 0 Å². The number of para-hydroxylation sites is 2. The van der Waals surface area contributed by atoms with Gasteiger partial charge in [-0.1, -0.05) is 43.3 Å². The first-order valence-electron chi connectivity index (χ1n) is 8.55. The molecule has 0 aliphatic carbocycles. The number of nitrogens with two attached hydrogens (primary N) is 1. The third-order valence-corrected chi connectivity index (χ3v) is 4.57. The smallest absolute Gasteiger partial charge is 0.224 e. The van der Waals surface area contributed by atoms with Crippen LogP contribution in [0.1, 0.15) is 25.0 Å². The molecule has 0 saturated heterocycles. The number of rotatable bonds is 6. The molecule has 2 atom stereocenters. The van der Waals surface area contributed by atoms with Crippen LogP contribution in [0, 0.1) is 5.92 Å². The Labute approximate surface area is 172 Å². The maximum atomic E-state index is 12.0. The third kappa shape index (κ3) is 5.70. The highest BCUT2D eigenvalue weighted by Gasteiger charge is 2.16. The quantitative estimate of drug-likeness (QED) is 0.654. The highest BCUT2D eigenvalue weighted by Crippen LogP contribution is 2.14. The average molecular weight is 409 g/mol. The van der Waals surface area contributed by atoms with Crippen molar-refractivity contribution < 1.29 is 4.79 Å². The Morgan fingerprint density at radius 2 is 1.70 bits per heavy atom. The summed E-state index contributed by atoms with van der Waals surface area (Å²) in [6.45, 7) is 4.98. The molecule has 1 amide bonds. The molecule has 2 aromatic carbocycles. The van der Waals surface area contributed by atoms with E-state index in [1.165, 1.54) is 5.56 Å². The van der Waals surface area contributed by atoms with Crippen molar-refractivity contribution in [2.45, 2.75) is 33.0 Å². The number of benzene rings is 2. The summed E-state index contributed by atoms with van der Waals surface area (Å²) in [6.07, 6.45) is 1.87. The van der Waals surface area contributed by atoms with Gasteiger partial charge in [0.15, 0.2) is 0 Å². The van der Waals surface area contributed by atoms with E-state index in [9.17, 15) is 4.79 Å². The number of hydrogen-bond donors (Lipinski definition) is 2. The summed E-state index contributed by atoms with van der Waals surface area (Å²) in [4.78, 5) is 16.4. The molecule has 1 heterocycles. The van der Waals surface area contributed by atoms with Gasteiger partial charge in [0.2, 0.25) is 5.91 Å². The van der Waals surface area contributed by atoms with Crippen LogP contribution in [0.25, 0.3) is 11.0 Å². The molecule has 3 rings (SSSR count). The van der Waals surface area contributed by atoms with Crippen LogP contribution in [0.3, 0.4) is 0 Å². The predicted molar refractivity (Wildman–Crippen MR) is 114 cm³/mol. The lowest BCUT2D eigenvalue weighted by Crippen LogP contribution is -2.38. The lowest BCUT2D eigenvalue weighted by atomic mass is 10.0. The van der Waals surface area contributed by atoms with Gasteiger partial charge in [0.1, 0.15) is 0 Å². The number of fused-ring (bicyclic) bond motifs is 1. The Morgan fingerprint density at radius 1 is 1.07 bits per heavy atom. The zero-order valence-electron chi connectivity index (χ0n) is 15.5. The predicted octanol–water partition coefficient (Wildman–Crippen LogP) is 3.53. The minimum Gasteiger partial charge on any atom is -0.352 e. The molecule has 1 aromatic heterocycles. The number of amides is 1. The van der Waals surface area contributed by atoms with Gasteiger partial charge < -0.3 is 15.6 Å². The molecule has 0 spiro atoms. The summed E-state index contributed by atoms with van der Waals surface area (Å²) < 4.78 is 2.14. The monoisotopic (exact) mass is 408 g/mol. The summed E-state index contributed by atoms with van der Waals surface area (Å²) in [5, 5.41) is 2.94. The first kappa shape index (κ1) is 23.0. The second kappa shape index (κ2) is 10.3. The highest BCUT2D eigenvalue weighted by molar-refractivity contribution is 5.85. The van der Waals surface area contributed by atoms with E-state index in [0.29, 0.717) is 6.54 Å². The molecule has 146 valence electrons. The largest absolute Gasteiger partial charge is 0.352 e. The fourth-order valence-corrected chi connectivity index (χ4v) is 2.68. The van der Waals surface area contributed by atoms with Crippen LogP contribution in [0.15, 0.2) is 54.9 Å². The molecular formula is C20H26Cl2N4O. The van der Waals surface area contributed by atoms with Gasteiger partial charge in [0, 0.05) is 25.0 Å². The molecule has 2 unspecified atom stereocenters. The number of aromatic nitrogens is 2. The van der Waals surface area contributed by atoms with Crippen molar-refractivity contribution in [3.05, 3.63) is 66.0 Å². The van der Waals surface area contributed by atoms with E-state index in [1.807, 2.05) is 50.5 Å². The van der Waals surface area contributed by atoms with Crippen molar-refractivity contribution in [3.63, 3.8) is 0 Å². The van der Waals surface area contributed by atoms with Crippen LogP contribution in [0.2, 0.25) is 0 Å². The van der Waals surface area contributed by atoms with Crippen molar-refractivity contribution >= 4 is 41.8 Å². The number of imidazole rings is 1. The number of nitrogens with zero attached hydrogens (tertiary/aromatic N) is 2. The van der Waals surface area contributed by atoms with Crippen molar-refractivity contribution in [1.29, 1.82) is 0 Å². The van der Waals surface area contributed by atoms with Gasteiger partial charge in [-0.25, -0.2) is 4.98 Å². The maximum Gasteiger partial charge on any atom is 0.224 e. The number of nitrogens with one attached hydrogen (secondary N) is 1. The second-order valence-corrected chi connectivity index (χ2v) is 6.54. The summed E-state index contributed by atoms with van der Waals surface area (Å²) in [5.41, 5.74) is 10.2. The molecule has 0 saturated carbocycles. The van der Waals surface area contributed by atoms with Gasteiger partial charge in [-0.05, 0) is 30.2 Å². The van der Waals surface area contributed by atoms with E-state index < -0.39 is 0 Å². The van der Waals surface area contributed by atoms with Crippen molar-refractivity contribution in [2.24, 2.45) is 11.7 Å². The van der Waals surface area contributed by atoms with Crippen LogP contribution in [0.4, 0.5) is 0 Å². The number of hydrogen-bond acceptors (Lipinski definition) is 3. The minimum absolute atomic E-state index is 0. The SMILES string of the molecule is CC(N)C(C)C(=O)NCc1ccc(Cn2cnc3ccccc32)cc1.Cl.Cl. The van der Waals surface area contributed by atoms with E-state index in [1.54, 1.807) is 0 Å². The lowest BCUT2D eigenvalue weighted by molar-refractivity contribution is -0.125. The molecule has 0 aliphatic heterocycles. The molecule has 27 heavy (non-hydrogen) atoms. The molecule has 5 nitrogen and oxygen atoms in total. The maximum absolute atomic E-state index is 12.0. The number of carbonyl (C=O) groups is 1. The van der Waals surface area contributed by atoms with Crippen LogP contribution in [-0.4, -0.2) is 21.5 Å². The Morgan fingerprint density at radius 3 is 2.37 bits per heavy atom. The summed E-state index contributed by atoms with van der Waals surface area (Å²) in [5.74, 6) is -0.197. The second-order valence-electron chi connectivity index (χ2n) is 6.54. The molecule has 3 N–H and O–H groups in total. The van der Waals surface area contributed by atoms with Crippen molar-refractivity contribution in [2.75, 3.05) is 0 Å². The van der Waals surface area contributed by atoms with E-state index in [4.69, 9.17) is 5.73 Å². The molecule has 0 aliphatic rings. The van der Waals surface area contributed by atoms with Gasteiger partial charge in [0.05, 0.1) is 17.4 Å². The fourth-order valence-electron chi connectivity index (χ4n) is 2.68. The number of carbonyl (C=O) groups excluding carboxylic acids is 1.